The quantitative estimate of drug-likeness (QED) is 0.771. The summed E-state index contributed by atoms with van der Waals surface area (Å²) in [7, 11) is 0. The predicted molar refractivity (Wildman–Crippen MR) is 71.0 cm³/mol. The maximum Gasteiger partial charge on any atom is 0.220 e. The number of carbonyl (C=O) groups excluding carboxylic acids is 1. The second kappa shape index (κ2) is 7.82. The largest absolute Gasteiger partial charge is 0.391 e. The summed E-state index contributed by atoms with van der Waals surface area (Å²) in [5.41, 5.74) is 1.01. The van der Waals surface area contributed by atoms with Crippen LogP contribution in [-0.4, -0.2) is 28.6 Å². The van der Waals surface area contributed by atoms with Gasteiger partial charge < -0.3 is 10.4 Å². The van der Waals surface area contributed by atoms with Crippen LogP contribution in [0.2, 0.25) is 0 Å². The fourth-order valence-corrected chi connectivity index (χ4v) is 1.52. The number of aliphatic hydroxyl groups is 1. The summed E-state index contributed by atoms with van der Waals surface area (Å²) < 4.78 is 0. The van der Waals surface area contributed by atoms with Crippen LogP contribution in [0.15, 0.2) is 24.4 Å². The Morgan fingerprint density at radius 1 is 1.44 bits per heavy atom. The van der Waals surface area contributed by atoms with Crippen molar-refractivity contribution >= 4 is 5.91 Å². The fraction of sp³-hybridized carbons (Fsp3) is 0.571. The van der Waals surface area contributed by atoms with Crippen LogP contribution in [0.1, 0.15) is 32.4 Å². The van der Waals surface area contributed by atoms with E-state index in [4.69, 9.17) is 0 Å². The highest BCUT2D eigenvalue weighted by Gasteiger charge is 2.10. The number of nitrogens with zero attached hydrogens (tertiary/aromatic N) is 1. The molecule has 0 unspecified atom stereocenters. The third-order valence-electron chi connectivity index (χ3n) is 2.84. The lowest BCUT2D eigenvalue weighted by atomic mass is 10.1. The fourth-order valence-electron chi connectivity index (χ4n) is 1.52. The average molecular weight is 250 g/mol. The Morgan fingerprint density at radius 3 is 2.83 bits per heavy atom. The van der Waals surface area contributed by atoms with Gasteiger partial charge in [0.25, 0.3) is 0 Å². The molecule has 1 rings (SSSR count). The number of aryl methyl sites for hydroxylation is 1. The minimum absolute atomic E-state index is 0.00867. The summed E-state index contributed by atoms with van der Waals surface area (Å²) in [4.78, 5) is 15.7. The molecule has 1 aromatic rings. The molecule has 0 aliphatic carbocycles. The summed E-state index contributed by atoms with van der Waals surface area (Å²) in [6, 6.07) is 5.78. The van der Waals surface area contributed by atoms with Crippen LogP contribution in [0.4, 0.5) is 0 Å². The lowest BCUT2D eigenvalue weighted by molar-refractivity contribution is -0.121. The highest BCUT2D eigenvalue weighted by atomic mass is 16.3. The summed E-state index contributed by atoms with van der Waals surface area (Å²) in [5.74, 6) is 0.157. The molecule has 0 bridgehead atoms. The normalized spacial score (nSPS) is 12.4. The lowest BCUT2D eigenvalue weighted by Crippen LogP contribution is -2.34. The predicted octanol–water partition coefficient (Wildman–Crippen LogP) is 1.54. The standard InChI is InChI=1S/C14H22N2O2/c1-11(2)13(17)10-16-14(18)8-5-7-12-6-3-4-9-15-12/h3-4,6,9,11,13,17H,5,7-8,10H2,1-2H3,(H,16,18)/t13-/m0/s1. The third-order valence-corrected chi connectivity index (χ3v) is 2.84. The van der Waals surface area contributed by atoms with Crippen molar-refractivity contribution in [1.82, 2.24) is 10.3 Å². The van der Waals surface area contributed by atoms with E-state index in [9.17, 15) is 9.90 Å². The Morgan fingerprint density at radius 2 is 2.22 bits per heavy atom. The van der Waals surface area contributed by atoms with E-state index in [2.05, 4.69) is 10.3 Å². The number of hydrogen-bond acceptors (Lipinski definition) is 3. The van der Waals surface area contributed by atoms with Gasteiger partial charge in [-0.2, -0.15) is 0 Å². The summed E-state index contributed by atoms with van der Waals surface area (Å²) in [6.45, 7) is 4.19. The number of aliphatic hydroxyl groups excluding tert-OH is 1. The van der Waals surface area contributed by atoms with Crippen molar-refractivity contribution in [2.24, 2.45) is 5.92 Å². The highest BCUT2D eigenvalue weighted by Crippen LogP contribution is 2.02. The zero-order valence-corrected chi connectivity index (χ0v) is 11.1. The molecule has 4 nitrogen and oxygen atoms in total. The van der Waals surface area contributed by atoms with Gasteiger partial charge in [0.1, 0.15) is 0 Å². The second-order valence-corrected chi connectivity index (χ2v) is 4.79. The molecule has 1 amide bonds. The first-order chi connectivity index (χ1) is 8.59. The molecular weight excluding hydrogens is 228 g/mol. The number of rotatable bonds is 7. The Bertz CT molecular complexity index is 352. The number of pyridine rings is 1. The molecule has 0 aliphatic heterocycles. The maximum absolute atomic E-state index is 11.5. The van der Waals surface area contributed by atoms with Crippen LogP contribution in [0.3, 0.4) is 0 Å². The average Bonchev–Trinajstić information content (AvgIpc) is 2.37. The van der Waals surface area contributed by atoms with Gasteiger partial charge in [0.2, 0.25) is 5.91 Å². The number of aromatic nitrogens is 1. The molecular formula is C14H22N2O2. The lowest BCUT2D eigenvalue weighted by Gasteiger charge is -2.14. The minimum Gasteiger partial charge on any atom is -0.391 e. The molecule has 1 aromatic heterocycles. The Balaban J connectivity index is 2.14. The molecule has 0 saturated heterocycles. The topological polar surface area (TPSA) is 62.2 Å². The number of amides is 1. The first kappa shape index (κ1) is 14.6. The van der Waals surface area contributed by atoms with Crippen LogP contribution in [0.5, 0.6) is 0 Å². The highest BCUT2D eigenvalue weighted by molar-refractivity contribution is 5.75. The van der Waals surface area contributed by atoms with Crippen LogP contribution in [0.25, 0.3) is 0 Å². The monoisotopic (exact) mass is 250 g/mol. The molecule has 0 spiro atoms. The van der Waals surface area contributed by atoms with Crippen molar-refractivity contribution in [1.29, 1.82) is 0 Å². The van der Waals surface area contributed by atoms with Crippen LogP contribution in [0, 0.1) is 5.92 Å². The van der Waals surface area contributed by atoms with Gasteiger partial charge in [0.15, 0.2) is 0 Å². The van der Waals surface area contributed by atoms with Crippen LogP contribution >= 0.6 is 0 Å². The zero-order chi connectivity index (χ0) is 13.4. The molecule has 18 heavy (non-hydrogen) atoms. The van der Waals surface area contributed by atoms with Gasteiger partial charge in [-0.25, -0.2) is 0 Å². The molecule has 0 aromatic carbocycles. The van der Waals surface area contributed by atoms with Crippen molar-refractivity contribution in [3.8, 4) is 0 Å². The first-order valence-corrected chi connectivity index (χ1v) is 6.44. The third kappa shape index (κ3) is 5.77. The Hall–Kier alpha value is -1.42. The molecule has 0 fully saturated rings. The molecule has 1 heterocycles. The van der Waals surface area contributed by atoms with Gasteiger partial charge in [-0.15, -0.1) is 0 Å². The van der Waals surface area contributed by atoms with E-state index in [1.807, 2.05) is 32.0 Å². The van der Waals surface area contributed by atoms with E-state index in [1.54, 1.807) is 6.20 Å². The number of hydrogen-bond donors (Lipinski definition) is 2. The molecule has 0 saturated carbocycles. The van der Waals surface area contributed by atoms with E-state index < -0.39 is 6.10 Å². The van der Waals surface area contributed by atoms with E-state index in [1.165, 1.54) is 0 Å². The van der Waals surface area contributed by atoms with Crippen molar-refractivity contribution < 1.29 is 9.90 Å². The zero-order valence-electron chi connectivity index (χ0n) is 11.1. The SMILES string of the molecule is CC(C)[C@@H](O)CNC(=O)CCCc1ccccn1. The van der Waals surface area contributed by atoms with Crippen molar-refractivity contribution in [2.45, 2.75) is 39.2 Å². The number of carbonyl (C=O) groups is 1. The summed E-state index contributed by atoms with van der Waals surface area (Å²) in [5, 5.41) is 12.3. The van der Waals surface area contributed by atoms with E-state index in [0.29, 0.717) is 13.0 Å². The van der Waals surface area contributed by atoms with Gasteiger partial charge in [0.05, 0.1) is 6.10 Å². The van der Waals surface area contributed by atoms with Crippen LogP contribution < -0.4 is 5.32 Å². The van der Waals surface area contributed by atoms with Gasteiger partial charge in [-0.3, -0.25) is 9.78 Å². The summed E-state index contributed by atoms with van der Waals surface area (Å²) >= 11 is 0. The molecule has 0 aliphatic rings. The maximum atomic E-state index is 11.5. The van der Waals surface area contributed by atoms with Gasteiger partial charge >= 0.3 is 0 Å². The molecule has 4 heteroatoms. The van der Waals surface area contributed by atoms with Gasteiger partial charge in [-0.1, -0.05) is 19.9 Å². The first-order valence-electron chi connectivity index (χ1n) is 6.44. The second-order valence-electron chi connectivity index (χ2n) is 4.79. The van der Waals surface area contributed by atoms with Crippen molar-refractivity contribution in [3.63, 3.8) is 0 Å². The molecule has 0 radical (unpaired) electrons. The van der Waals surface area contributed by atoms with Crippen molar-refractivity contribution in [2.75, 3.05) is 6.54 Å². The van der Waals surface area contributed by atoms with Gasteiger partial charge in [-0.05, 0) is 30.9 Å². The minimum atomic E-state index is -0.468. The molecule has 2 N–H and O–H groups in total. The van der Waals surface area contributed by atoms with E-state index in [0.717, 1.165) is 18.5 Å². The van der Waals surface area contributed by atoms with Gasteiger partial charge in [0, 0.05) is 24.9 Å². The van der Waals surface area contributed by atoms with E-state index >= 15 is 0 Å². The van der Waals surface area contributed by atoms with Crippen molar-refractivity contribution in [3.05, 3.63) is 30.1 Å². The number of nitrogens with one attached hydrogen (secondary N) is 1. The summed E-state index contributed by atoms with van der Waals surface area (Å²) in [6.07, 6.45) is 3.35. The Kier molecular flexibility index (Phi) is 6.36. The van der Waals surface area contributed by atoms with Crippen LogP contribution in [-0.2, 0) is 11.2 Å². The Labute approximate surface area is 108 Å². The molecule has 100 valence electrons. The molecule has 1 atom stereocenters. The smallest absolute Gasteiger partial charge is 0.220 e. The van der Waals surface area contributed by atoms with E-state index in [-0.39, 0.29) is 11.8 Å².